The first-order chi connectivity index (χ1) is 9.83. The normalized spacial score (nSPS) is 10.9. The molecule has 0 saturated heterocycles. The molecule has 22 heavy (non-hydrogen) atoms. The molecule has 1 rings (SSSR count). The Morgan fingerprint density at radius 1 is 1.36 bits per heavy atom. The predicted octanol–water partition coefficient (Wildman–Crippen LogP) is 1.50. The van der Waals surface area contributed by atoms with E-state index in [1.807, 2.05) is 0 Å². The smallest absolute Gasteiger partial charge is 0.387 e. The summed E-state index contributed by atoms with van der Waals surface area (Å²) in [5.74, 6) is -3.36. The number of hydrogen-bond donors (Lipinski definition) is 0. The van der Waals surface area contributed by atoms with Crippen LogP contribution in [0.1, 0.15) is 12.5 Å². The van der Waals surface area contributed by atoms with Crippen molar-refractivity contribution in [1.29, 1.82) is 0 Å². The number of carbonyl (C=O) groups excluding carboxylic acids is 2. The first-order valence-electron chi connectivity index (χ1n) is 5.69. The zero-order chi connectivity index (χ0) is 16.0. The number of esters is 1. The number of halogens is 3. The molecule has 0 aliphatic rings. The molecule has 0 amide bonds. The molecule has 0 aliphatic heterocycles. The van der Waals surface area contributed by atoms with Gasteiger partial charge in [-0.15, -0.1) is 0 Å². The molecule has 1 radical (unpaired) electrons. The van der Waals surface area contributed by atoms with E-state index in [0.717, 1.165) is 6.07 Å². The quantitative estimate of drug-likeness (QED) is 0.249. The van der Waals surface area contributed by atoms with E-state index in [1.165, 1.54) is 19.1 Å². The van der Waals surface area contributed by atoms with Crippen LogP contribution in [-0.4, -0.2) is 43.8 Å². The van der Waals surface area contributed by atoms with Gasteiger partial charge in [0, 0.05) is 23.3 Å². The van der Waals surface area contributed by atoms with Crippen molar-refractivity contribution in [2.24, 2.45) is 0 Å². The van der Waals surface area contributed by atoms with Crippen LogP contribution in [-0.2, 0) is 14.3 Å². The van der Waals surface area contributed by atoms with Crippen LogP contribution >= 0.6 is 15.9 Å². The summed E-state index contributed by atoms with van der Waals surface area (Å²) in [6.07, 6.45) is 0.534. The Hall–Kier alpha value is -1.36. The van der Waals surface area contributed by atoms with Gasteiger partial charge in [-0.3, -0.25) is 4.79 Å². The van der Waals surface area contributed by atoms with Crippen molar-refractivity contribution in [2.45, 2.75) is 13.5 Å². The SMILES string of the molecule is CCOC(=O)C(=O)C=C([O-])c1cc(Br)cc(OC(F)F)c1.[Li]. The third-order valence-corrected chi connectivity index (χ3v) is 2.58. The molecule has 1 aromatic rings. The maximum absolute atomic E-state index is 12.1. The number of carbonyl (C=O) groups is 2. The van der Waals surface area contributed by atoms with Crippen molar-refractivity contribution >= 4 is 52.3 Å². The number of rotatable bonds is 6. The Labute approximate surface area is 145 Å². The zero-order valence-corrected chi connectivity index (χ0v) is 13.4. The minimum absolute atomic E-state index is 0. The van der Waals surface area contributed by atoms with Crippen LogP contribution in [0.3, 0.4) is 0 Å². The zero-order valence-electron chi connectivity index (χ0n) is 11.8. The van der Waals surface area contributed by atoms with Crippen LogP contribution in [0.4, 0.5) is 8.78 Å². The van der Waals surface area contributed by atoms with Gasteiger partial charge in [0.25, 0.3) is 5.78 Å². The maximum Gasteiger partial charge on any atom is 0.387 e. The fourth-order valence-corrected chi connectivity index (χ4v) is 1.81. The average molecular weight is 371 g/mol. The van der Waals surface area contributed by atoms with Gasteiger partial charge in [-0.2, -0.15) is 8.78 Å². The summed E-state index contributed by atoms with van der Waals surface area (Å²) in [5, 5.41) is 11.8. The molecule has 0 aromatic heterocycles. The third-order valence-electron chi connectivity index (χ3n) is 2.12. The van der Waals surface area contributed by atoms with E-state index < -0.39 is 24.1 Å². The Bertz CT molecular complexity index is 578. The van der Waals surface area contributed by atoms with Crippen molar-refractivity contribution < 1.29 is 33.0 Å². The van der Waals surface area contributed by atoms with Gasteiger partial charge in [0.2, 0.25) is 0 Å². The second kappa shape index (κ2) is 9.61. The van der Waals surface area contributed by atoms with E-state index in [9.17, 15) is 23.5 Å². The average Bonchev–Trinajstić information content (AvgIpc) is 2.37. The van der Waals surface area contributed by atoms with Gasteiger partial charge >= 0.3 is 12.6 Å². The Kier molecular flexibility index (Phi) is 9.02. The van der Waals surface area contributed by atoms with Crippen molar-refractivity contribution in [3.8, 4) is 5.75 Å². The largest absolute Gasteiger partial charge is 0.872 e. The molecule has 9 heteroatoms. The number of ketones is 1. The first kappa shape index (κ1) is 20.6. The van der Waals surface area contributed by atoms with Crippen molar-refractivity contribution in [3.63, 3.8) is 0 Å². The summed E-state index contributed by atoms with van der Waals surface area (Å²) in [4.78, 5) is 22.5. The minimum Gasteiger partial charge on any atom is -0.872 e. The summed E-state index contributed by atoms with van der Waals surface area (Å²) in [6.45, 7) is -1.54. The van der Waals surface area contributed by atoms with E-state index in [4.69, 9.17) is 0 Å². The van der Waals surface area contributed by atoms with Gasteiger partial charge in [-0.1, -0.05) is 21.7 Å². The van der Waals surface area contributed by atoms with Crippen molar-refractivity contribution in [3.05, 3.63) is 34.3 Å². The Balaban J connectivity index is 0.00000441. The van der Waals surface area contributed by atoms with Crippen LogP contribution in [0.5, 0.6) is 5.75 Å². The van der Waals surface area contributed by atoms with Crippen LogP contribution in [0.15, 0.2) is 28.7 Å². The van der Waals surface area contributed by atoms with Crippen molar-refractivity contribution in [1.82, 2.24) is 0 Å². The summed E-state index contributed by atoms with van der Waals surface area (Å²) in [5.41, 5.74) is -0.0855. The Morgan fingerprint density at radius 2 is 2.00 bits per heavy atom. The minimum atomic E-state index is -3.05. The molecule has 0 saturated carbocycles. The van der Waals surface area contributed by atoms with Crippen LogP contribution < -0.4 is 9.84 Å². The molecule has 0 N–H and O–H groups in total. The Morgan fingerprint density at radius 3 is 2.55 bits per heavy atom. The van der Waals surface area contributed by atoms with Gasteiger partial charge in [-0.25, -0.2) is 4.79 Å². The summed E-state index contributed by atoms with van der Waals surface area (Å²) in [7, 11) is 0. The van der Waals surface area contributed by atoms with E-state index in [-0.39, 0.29) is 36.8 Å². The second-order valence-electron chi connectivity index (χ2n) is 3.65. The van der Waals surface area contributed by atoms with Crippen LogP contribution in [0.2, 0.25) is 0 Å². The van der Waals surface area contributed by atoms with Crippen molar-refractivity contribution in [2.75, 3.05) is 6.61 Å². The molecule has 0 unspecified atom stereocenters. The van der Waals surface area contributed by atoms with E-state index in [2.05, 4.69) is 25.4 Å². The van der Waals surface area contributed by atoms with Gasteiger partial charge in [-0.05, 0) is 36.8 Å². The molecule has 0 heterocycles. The molecular formula is C13H10BrF2LiO5-. The van der Waals surface area contributed by atoms with E-state index in [1.54, 1.807) is 0 Å². The second-order valence-corrected chi connectivity index (χ2v) is 4.56. The summed E-state index contributed by atoms with van der Waals surface area (Å²) < 4.78 is 33.2. The third kappa shape index (κ3) is 6.60. The monoisotopic (exact) mass is 370 g/mol. The summed E-state index contributed by atoms with van der Waals surface area (Å²) in [6, 6.07) is 3.57. The molecule has 0 spiro atoms. The van der Waals surface area contributed by atoms with Gasteiger partial charge in [0.1, 0.15) is 5.75 Å². The van der Waals surface area contributed by atoms with E-state index in [0.29, 0.717) is 10.5 Å². The van der Waals surface area contributed by atoms with Crippen LogP contribution in [0.25, 0.3) is 5.76 Å². The standard InChI is InChI=1S/C13H11BrF2O5.Li/c1-2-20-12(19)11(18)6-10(17)7-3-8(14)5-9(4-7)21-13(15)16;/h3-6,13,17H,2H2,1H3;/p-1. The van der Waals surface area contributed by atoms with Gasteiger partial charge in [0.15, 0.2) is 0 Å². The molecule has 0 aliphatic carbocycles. The molecular weight excluding hydrogens is 361 g/mol. The first-order valence-corrected chi connectivity index (χ1v) is 6.48. The molecule has 5 nitrogen and oxygen atoms in total. The molecule has 0 atom stereocenters. The molecule has 0 fully saturated rings. The number of ether oxygens (including phenoxy) is 2. The molecule has 1 aromatic carbocycles. The number of benzene rings is 1. The van der Waals surface area contributed by atoms with Gasteiger partial charge in [0.05, 0.1) is 6.61 Å². The van der Waals surface area contributed by atoms with Crippen LogP contribution in [0, 0.1) is 0 Å². The fraction of sp³-hybridized carbons (Fsp3) is 0.231. The van der Waals surface area contributed by atoms with E-state index >= 15 is 0 Å². The summed E-state index contributed by atoms with van der Waals surface area (Å²) >= 11 is 3.02. The van der Waals surface area contributed by atoms with Gasteiger partial charge < -0.3 is 14.6 Å². The number of hydrogen-bond acceptors (Lipinski definition) is 5. The topological polar surface area (TPSA) is 75.7 Å². The fourth-order valence-electron chi connectivity index (χ4n) is 1.34. The molecule has 0 bridgehead atoms. The maximum atomic E-state index is 12.1. The molecule has 115 valence electrons. The number of alkyl halides is 2. The predicted molar refractivity (Wildman–Crippen MR) is 76.1 cm³/mol.